The molecule has 0 spiro atoms. The second-order valence-electron chi connectivity index (χ2n) is 3.96. The van der Waals surface area contributed by atoms with Gasteiger partial charge in [0, 0.05) is 12.1 Å². The first-order chi connectivity index (χ1) is 9.97. The molecular formula is C13H8N3NaO5. The topological polar surface area (TPSA) is 128 Å². The number of rotatable bonds is 4. The second-order valence-corrected chi connectivity index (χ2v) is 3.96. The Hall–Kier alpha value is -2.29. The van der Waals surface area contributed by atoms with E-state index in [0.29, 0.717) is 5.69 Å². The predicted molar refractivity (Wildman–Crippen MR) is 70.1 cm³/mol. The van der Waals surface area contributed by atoms with E-state index in [1.807, 2.05) is 0 Å². The van der Waals surface area contributed by atoms with E-state index in [9.17, 15) is 20.0 Å². The van der Waals surface area contributed by atoms with Crippen LogP contribution in [0.15, 0.2) is 52.7 Å². The van der Waals surface area contributed by atoms with Gasteiger partial charge in [-0.1, -0.05) is 5.75 Å². The number of azo groups is 1. The van der Waals surface area contributed by atoms with Crippen molar-refractivity contribution in [1.29, 1.82) is 0 Å². The Kier molecular flexibility index (Phi) is 6.17. The molecular weight excluding hydrogens is 301 g/mol. The molecule has 2 rings (SSSR count). The van der Waals surface area contributed by atoms with Crippen LogP contribution in [0.25, 0.3) is 0 Å². The zero-order chi connectivity index (χ0) is 15.4. The third-order valence-corrected chi connectivity index (χ3v) is 2.54. The number of carboxylic acid groups (broad SMARTS) is 1. The summed E-state index contributed by atoms with van der Waals surface area (Å²) in [4.78, 5) is 20.6. The molecule has 0 radical (unpaired) electrons. The maximum atomic E-state index is 11.5. The zero-order valence-corrected chi connectivity index (χ0v) is 13.5. The smallest absolute Gasteiger partial charge is 0.872 e. The maximum Gasteiger partial charge on any atom is 1.00 e. The molecule has 0 aromatic heterocycles. The summed E-state index contributed by atoms with van der Waals surface area (Å²) in [7, 11) is 0. The Labute approximate surface area is 146 Å². The summed E-state index contributed by atoms with van der Waals surface area (Å²) in [6.45, 7) is 0. The van der Waals surface area contributed by atoms with E-state index in [1.165, 1.54) is 30.3 Å². The van der Waals surface area contributed by atoms with E-state index in [4.69, 9.17) is 5.11 Å². The first-order valence-corrected chi connectivity index (χ1v) is 5.68. The molecule has 106 valence electrons. The SMILES string of the molecule is O=C(O)c1ccc(N=Nc2ccc([N+](=O)[O-])cc2)cc1[O-].[Na+]. The molecule has 2 aromatic rings. The Morgan fingerprint density at radius 3 is 2.09 bits per heavy atom. The number of nitro groups is 1. The molecule has 0 aliphatic heterocycles. The molecule has 0 aliphatic carbocycles. The quantitative estimate of drug-likeness (QED) is 0.361. The summed E-state index contributed by atoms with van der Waals surface area (Å²) in [5.41, 5.74) is 0.157. The molecule has 0 aliphatic rings. The molecule has 8 nitrogen and oxygen atoms in total. The fourth-order valence-corrected chi connectivity index (χ4v) is 1.51. The Bertz CT molecular complexity index is 731. The van der Waals surface area contributed by atoms with Gasteiger partial charge in [-0.25, -0.2) is 4.79 Å². The second kappa shape index (κ2) is 7.64. The standard InChI is InChI=1S/C13H9N3O5.Na/c17-12-7-9(3-6-11(12)13(18)19)15-14-8-1-4-10(5-2-8)16(20)21;/h1-7,17H,(H,18,19);/q;+1/p-1. The summed E-state index contributed by atoms with van der Waals surface area (Å²) < 4.78 is 0. The van der Waals surface area contributed by atoms with Crippen molar-refractivity contribution >= 4 is 23.0 Å². The Morgan fingerprint density at radius 1 is 1.05 bits per heavy atom. The fourth-order valence-electron chi connectivity index (χ4n) is 1.51. The van der Waals surface area contributed by atoms with Gasteiger partial charge >= 0.3 is 35.5 Å². The molecule has 22 heavy (non-hydrogen) atoms. The summed E-state index contributed by atoms with van der Waals surface area (Å²) in [5, 5.41) is 38.2. The minimum atomic E-state index is -1.31. The number of carbonyl (C=O) groups is 1. The molecule has 0 bridgehead atoms. The first kappa shape index (κ1) is 17.8. The van der Waals surface area contributed by atoms with Gasteiger partial charge in [-0.05, 0) is 30.3 Å². The van der Waals surface area contributed by atoms with Crippen molar-refractivity contribution in [3.63, 3.8) is 0 Å². The molecule has 1 N–H and O–H groups in total. The van der Waals surface area contributed by atoms with Crippen LogP contribution in [0.2, 0.25) is 0 Å². The first-order valence-electron chi connectivity index (χ1n) is 5.68. The van der Waals surface area contributed by atoms with Gasteiger partial charge in [-0.15, -0.1) is 0 Å². The number of nitrogens with zero attached hydrogens (tertiary/aromatic N) is 3. The number of hydrogen-bond donors (Lipinski definition) is 1. The van der Waals surface area contributed by atoms with Crippen molar-refractivity contribution < 1.29 is 49.5 Å². The van der Waals surface area contributed by atoms with Gasteiger partial charge < -0.3 is 10.2 Å². The van der Waals surface area contributed by atoms with Gasteiger partial charge in [0.2, 0.25) is 0 Å². The molecule has 2 aromatic carbocycles. The largest absolute Gasteiger partial charge is 1.00 e. The van der Waals surface area contributed by atoms with Gasteiger partial charge in [-0.2, -0.15) is 10.2 Å². The van der Waals surface area contributed by atoms with Crippen LogP contribution in [-0.4, -0.2) is 16.0 Å². The van der Waals surface area contributed by atoms with Crippen LogP contribution < -0.4 is 34.7 Å². The number of nitro benzene ring substituents is 1. The van der Waals surface area contributed by atoms with E-state index in [2.05, 4.69) is 10.2 Å². The van der Waals surface area contributed by atoms with E-state index in [1.54, 1.807) is 0 Å². The third-order valence-electron chi connectivity index (χ3n) is 2.54. The minimum absolute atomic E-state index is 0. The van der Waals surface area contributed by atoms with Gasteiger partial charge in [0.15, 0.2) is 0 Å². The monoisotopic (exact) mass is 309 g/mol. The summed E-state index contributed by atoms with van der Waals surface area (Å²) >= 11 is 0. The number of benzene rings is 2. The van der Waals surface area contributed by atoms with Crippen molar-refractivity contribution in [2.45, 2.75) is 0 Å². The van der Waals surface area contributed by atoms with Crippen molar-refractivity contribution in [2.24, 2.45) is 10.2 Å². The molecule has 0 saturated heterocycles. The van der Waals surface area contributed by atoms with Gasteiger partial charge in [0.05, 0.1) is 21.9 Å². The molecule has 0 amide bonds. The van der Waals surface area contributed by atoms with Crippen molar-refractivity contribution in [3.8, 4) is 5.75 Å². The van der Waals surface area contributed by atoms with E-state index < -0.39 is 16.6 Å². The Morgan fingerprint density at radius 2 is 1.59 bits per heavy atom. The fraction of sp³-hybridized carbons (Fsp3) is 0. The van der Waals surface area contributed by atoms with Crippen molar-refractivity contribution in [3.05, 3.63) is 58.1 Å². The number of hydrogen-bond acceptors (Lipinski definition) is 6. The third kappa shape index (κ3) is 4.35. The van der Waals surface area contributed by atoms with Crippen molar-refractivity contribution in [2.75, 3.05) is 0 Å². The molecule has 0 saturated carbocycles. The van der Waals surface area contributed by atoms with Gasteiger partial charge in [0.1, 0.15) is 0 Å². The summed E-state index contributed by atoms with van der Waals surface area (Å²) in [5.74, 6) is -1.97. The average Bonchev–Trinajstić information content (AvgIpc) is 2.45. The van der Waals surface area contributed by atoms with Crippen LogP contribution in [0.1, 0.15) is 10.4 Å². The summed E-state index contributed by atoms with van der Waals surface area (Å²) in [6, 6.07) is 8.92. The molecule has 9 heteroatoms. The Balaban J connectivity index is 0.00000242. The van der Waals surface area contributed by atoms with Crippen LogP contribution >= 0.6 is 0 Å². The maximum absolute atomic E-state index is 11.5. The van der Waals surface area contributed by atoms with Crippen LogP contribution in [0.4, 0.5) is 17.1 Å². The van der Waals surface area contributed by atoms with E-state index in [0.717, 1.165) is 12.1 Å². The zero-order valence-electron chi connectivity index (χ0n) is 11.5. The molecule has 0 atom stereocenters. The van der Waals surface area contributed by atoms with Crippen LogP contribution in [0.5, 0.6) is 5.75 Å². The van der Waals surface area contributed by atoms with Crippen LogP contribution in [-0.2, 0) is 0 Å². The molecule has 0 unspecified atom stereocenters. The minimum Gasteiger partial charge on any atom is -0.872 e. The van der Waals surface area contributed by atoms with Crippen LogP contribution in [0.3, 0.4) is 0 Å². The van der Waals surface area contributed by atoms with Gasteiger partial charge in [0.25, 0.3) is 5.69 Å². The van der Waals surface area contributed by atoms with E-state index in [-0.39, 0.29) is 46.5 Å². The average molecular weight is 309 g/mol. The number of aromatic carboxylic acids is 1. The summed E-state index contributed by atoms with van der Waals surface area (Å²) in [6.07, 6.45) is 0. The number of non-ortho nitro benzene ring substituents is 1. The molecule has 0 heterocycles. The van der Waals surface area contributed by atoms with E-state index >= 15 is 0 Å². The number of carboxylic acids is 1. The normalized spacial score (nSPS) is 10.2. The van der Waals surface area contributed by atoms with Gasteiger partial charge in [-0.3, -0.25) is 10.1 Å². The van der Waals surface area contributed by atoms with Crippen molar-refractivity contribution in [1.82, 2.24) is 0 Å². The van der Waals surface area contributed by atoms with Crippen LogP contribution in [0, 0.1) is 10.1 Å². The predicted octanol–water partition coefficient (Wildman–Crippen LogP) is -0.214. The molecule has 0 fully saturated rings.